The lowest BCUT2D eigenvalue weighted by Crippen LogP contribution is -2.13. The number of hydrogen-bond donors (Lipinski definition) is 0. The third kappa shape index (κ3) is 3.79. The molecule has 0 spiro atoms. The molecule has 0 amide bonds. The van der Waals surface area contributed by atoms with Crippen molar-refractivity contribution in [3.05, 3.63) is 48.2 Å². The summed E-state index contributed by atoms with van der Waals surface area (Å²) in [5, 5.41) is 0. The molecule has 1 aromatic carbocycles. The summed E-state index contributed by atoms with van der Waals surface area (Å²) in [6.45, 7) is 3.12. The van der Waals surface area contributed by atoms with Crippen molar-refractivity contribution < 1.29 is 0 Å². The van der Waals surface area contributed by atoms with Gasteiger partial charge in [-0.1, -0.05) is 36.4 Å². The van der Waals surface area contributed by atoms with E-state index in [0.29, 0.717) is 0 Å². The van der Waals surface area contributed by atoms with Crippen LogP contribution in [0.5, 0.6) is 0 Å². The van der Waals surface area contributed by atoms with Gasteiger partial charge in [-0.3, -0.25) is 0 Å². The molecule has 1 rings (SSSR count). The molecule has 70 valence electrons. The van der Waals surface area contributed by atoms with Crippen molar-refractivity contribution in [3.8, 4) is 0 Å². The lowest BCUT2D eigenvalue weighted by atomic mass is 10.1. The highest BCUT2D eigenvalue weighted by molar-refractivity contribution is 5.14. The first-order chi connectivity index (χ1) is 6.33. The van der Waals surface area contributed by atoms with Gasteiger partial charge in [-0.15, -0.1) is 0 Å². The van der Waals surface area contributed by atoms with Crippen molar-refractivity contribution in [1.29, 1.82) is 0 Å². The van der Waals surface area contributed by atoms with Crippen molar-refractivity contribution in [2.45, 2.75) is 13.3 Å². The number of hydrogen-bond acceptors (Lipinski definition) is 1. The maximum absolute atomic E-state index is 2.20. The van der Waals surface area contributed by atoms with Gasteiger partial charge in [-0.05, 0) is 25.1 Å². The zero-order valence-electron chi connectivity index (χ0n) is 8.40. The quantitative estimate of drug-likeness (QED) is 0.680. The second kappa shape index (κ2) is 5.41. The van der Waals surface area contributed by atoms with Gasteiger partial charge in [0.15, 0.2) is 0 Å². The Morgan fingerprint density at radius 1 is 1.23 bits per heavy atom. The minimum absolute atomic E-state index is 1.08. The average molecular weight is 175 g/mol. The van der Waals surface area contributed by atoms with Crippen molar-refractivity contribution in [2.24, 2.45) is 0 Å². The van der Waals surface area contributed by atoms with Crippen LogP contribution < -0.4 is 0 Å². The Balaban J connectivity index is 2.35. The van der Waals surface area contributed by atoms with Gasteiger partial charge in [-0.25, -0.2) is 0 Å². The van der Waals surface area contributed by atoms with Crippen molar-refractivity contribution >= 4 is 0 Å². The molecule has 0 bridgehead atoms. The van der Waals surface area contributed by atoms with E-state index in [-0.39, 0.29) is 0 Å². The summed E-state index contributed by atoms with van der Waals surface area (Å²) in [7, 11) is 2.10. The van der Waals surface area contributed by atoms with Crippen LogP contribution in [0.3, 0.4) is 0 Å². The molecule has 0 saturated heterocycles. The predicted molar refractivity (Wildman–Crippen MR) is 57.6 cm³/mol. The number of nitrogens with zero attached hydrogens (tertiary/aromatic N) is 1. The van der Waals surface area contributed by atoms with E-state index in [9.17, 15) is 0 Å². The molecular weight excluding hydrogens is 158 g/mol. The molecule has 0 unspecified atom stereocenters. The van der Waals surface area contributed by atoms with Crippen LogP contribution in [0.15, 0.2) is 42.6 Å². The van der Waals surface area contributed by atoms with E-state index in [0.717, 1.165) is 13.0 Å². The molecule has 1 heteroatoms. The molecule has 0 N–H and O–H groups in total. The van der Waals surface area contributed by atoms with Crippen molar-refractivity contribution in [1.82, 2.24) is 4.90 Å². The maximum atomic E-state index is 2.20. The largest absolute Gasteiger partial charge is 0.380 e. The topological polar surface area (TPSA) is 3.24 Å². The highest BCUT2D eigenvalue weighted by Crippen LogP contribution is 2.00. The number of benzene rings is 1. The number of allylic oxidation sites excluding steroid dienone is 1. The highest BCUT2D eigenvalue weighted by Gasteiger charge is 1.92. The maximum Gasteiger partial charge on any atom is 0.0209 e. The van der Waals surface area contributed by atoms with Gasteiger partial charge in [0.25, 0.3) is 0 Å². The van der Waals surface area contributed by atoms with Crippen LogP contribution in [-0.4, -0.2) is 18.5 Å². The number of rotatable bonds is 4. The molecule has 0 radical (unpaired) electrons. The predicted octanol–water partition coefficient (Wildman–Crippen LogP) is 2.69. The average Bonchev–Trinajstić information content (AvgIpc) is 2.17. The minimum atomic E-state index is 1.08. The molecule has 0 atom stereocenters. The molecule has 0 aromatic heterocycles. The van der Waals surface area contributed by atoms with Crippen LogP contribution >= 0.6 is 0 Å². The molecule has 0 aliphatic heterocycles. The molecule has 0 fully saturated rings. The van der Waals surface area contributed by atoms with Gasteiger partial charge in [0.1, 0.15) is 0 Å². The van der Waals surface area contributed by atoms with E-state index in [2.05, 4.69) is 54.6 Å². The first-order valence-electron chi connectivity index (χ1n) is 4.70. The normalized spacial score (nSPS) is 10.6. The first kappa shape index (κ1) is 9.85. The van der Waals surface area contributed by atoms with Crippen LogP contribution in [0.25, 0.3) is 0 Å². The Kier molecular flexibility index (Phi) is 4.10. The summed E-state index contributed by atoms with van der Waals surface area (Å²) in [4.78, 5) is 2.20. The van der Waals surface area contributed by atoms with Crippen LogP contribution in [0.1, 0.15) is 12.5 Å². The van der Waals surface area contributed by atoms with Crippen LogP contribution in [-0.2, 0) is 6.42 Å². The Hall–Kier alpha value is -1.24. The van der Waals surface area contributed by atoms with E-state index >= 15 is 0 Å². The smallest absolute Gasteiger partial charge is 0.0209 e. The lowest BCUT2D eigenvalue weighted by Gasteiger charge is -2.13. The summed E-state index contributed by atoms with van der Waals surface area (Å²) >= 11 is 0. The highest BCUT2D eigenvalue weighted by atomic mass is 15.1. The molecule has 1 aromatic rings. The molecule has 0 saturated carbocycles. The van der Waals surface area contributed by atoms with Crippen molar-refractivity contribution in [3.63, 3.8) is 0 Å². The second-order valence-corrected chi connectivity index (χ2v) is 3.20. The summed E-state index contributed by atoms with van der Waals surface area (Å²) in [5.41, 5.74) is 1.40. The van der Waals surface area contributed by atoms with Gasteiger partial charge in [0.05, 0.1) is 0 Å². The van der Waals surface area contributed by atoms with Gasteiger partial charge >= 0.3 is 0 Å². The van der Waals surface area contributed by atoms with Crippen LogP contribution in [0.2, 0.25) is 0 Å². The van der Waals surface area contributed by atoms with Crippen LogP contribution in [0.4, 0.5) is 0 Å². The molecule has 0 aliphatic rings. The van der Waals surface area contributed by atoms with Gasteiger partial charge in [0.2, 0.25) is 0 Å². The van der Waals surface area contributed by atoms with Crippen molar-refractivity contribution in [2.75, 3.05) is 13.6 Å². The second-order valence-electron chi connectivity index (χ2n) is 3.20. The van der Waals surface area contributed by atoms with Gasteiger partial charge < -0.3 is 4.90 Å². The molecular formula is C12H17N. The molecule has 13 heavy (non-hydrogen) atoms. The fraction of sp³-hybridized carbons (Fsp3) is 0.333. The zero-order valence-corrected chi connectivity index (χ0v) is 8.40. The molecule has 1 nitrogen and oxygen atoms in total. The minimum Gasteiger partial charge on any atom is -0.380 e. The first-order valence-corrected chi connectivity index (χ1v) is 4.70. The number of likely N-dealkylation sites (N-methyl/N-ethyl adjacent to an activating group) is 1. The van der Waals surface area contributed by atoms with Gasteiger partial charge in [0, 0.05) is 13.6 Å². The SMILES string of the molecule is C/C=C\N(C)CCc1ccccc1. The monoisotopic (exact) mass is 175 g/mol. The Morgan fingerprint density at radius 2 is 1.92 bits per heavy atom. The molecule has 0 heterocycles. The van der Waals surface area contributed by atoms with E-state index in [1.165, 1.54) is 5.56 Å². The zero-order chi connectivity index (χ0) is 9.52. The summed E-state index contributed by atoms with van der Waals surface area (Å²) in [6.07, 6.45) is 5.27. The Bertz CT molecular complexity index is 251. The third-order valence-corrected chi connectivity index (χ3v) is 2.00. The van der Waals surface area contributed by atoms with E-state index in [4.69, 9.17) is 0 Å². The van der Waals surface area contributed by atoms with Crippen LogP contribution in [0, 0.1) is 0 Å². The Labute approximate surface area is 80.7 Å². The summed E-state index contributed by atoms with van der Waals surface area (Å²) in [5.74, 6) is 0. The van der Waals surface area contributed by atoms with Gasteiger partial charge in [-0.2, -0.15) is 0 Å². The fourth-order valence-corrected chi connectivity index (χ4v) is 1.28. The summed E-state index contributed by atoms with van der Waals surface area (Å²) in [6, 6.07) is 10.6. The lowest BCUT2D eigenvalue weighted by molar-refractivity contribution is 0.460. The summed E-state index contributed by atoms with van der Waals surface area (Å²) < 4.78 is 0. The standard InChI is InChI=1S/C12H17N/c1-3-10-13(2)11-9-12-7-5-4-6-8-12/h3-8,10H,9,11H2,1-2H3/b10-3-. The van der Waals surface area contributed by atoms with E-state index < -0.39 is 0 Å². The van der Waals surface area contributed by atoms with E-state index in [1.54, 1.807) is 0 Å². The molecule has 0 aliphatic carbocycles. The third-order valence-electron chi connectivity index (χ3n) is 2.00. The Morgan fingerprint density at radius 3 is 2.54 bits per heavy atom. The van der Waals surface area contributed by atoms with E-state index in [1.807, 2.05) is 6.92 Å². The fourth-order valence-electron chi connectivity index (χ4n) is 1.28.